The molecule has 0 aliphatic heterocycles. The second-order valence-electron chi connectivity index (χ2n) is 6.39. The van der Waals surface area contributed by atoms with Crippen LogP contribution in [0.5, 0.6) is 0 Å². The van der Waals surface area contributed by atoms with E-state index in [4.69, 9.17) is 0 Å². The van der Waals surface area contributed by atoms with Gasteiger partial charge in [-0.2, -0.15) is 0 Å². The quantitative estimate of drug-likeness (QED) is 0.455. The summed E-state index contributed by atoms with van der Waals surface area (Å²) in [4.78, 5) is 35.7. The highest BCUT2D eigenvalue weighted by Gasteiger charge is 2.37. The van der Waals surface area contributed by atoms with E-state index < -0.39 is 0 Å². The lowest BCUT2D eigenvalue weighted by Gasteiger charge is -2.13. The SMILES string of the molecule is CC.CC.CCN(C=O)CC.CN.CN.CN.CN(C=O)c1ccccc1.O=CN(C1CC1)C1CC1. The zero-order valence-electron chi connectivity index (χ0n) is 24.8. The van der Waals surface area contributed by atoms with E-state index in [0.29, 0.717) is 12.1 Å². The number of benzene rings is 1. The number of amides is 3. The summed E-state index contributed by atoms with van der Waals surface area (Å²) < 4.78 is 0. The third-order valence-electron chi connectivity index (χ3n) is 4.34. The Labute approximate surface area is 222 Å². The topological polar surface area (TPSA) is 139 Å². The molecule has 0 radical (unpaired) electrons. The number of carbonyl (C=O) groups is 3. The maximum Gasteiger partial charge on any atom is 0.213 e. The van der Waals surface area contributed by atoms with E-state index in [1.807, 2.05) is 76.8 Å². The van der Waals surface area contributed by atoms with Gasteiger partial charge in [0.15, 0.2) is 0 Å². The Hall–Kier alpha value is -2.49. The molecule has 9 heteroatoms. The lowest BCUT2D eigenvalue weighted by molar-refractivity contribution is -0.119. The summed E-state index contributed by atoms with van der Waals surface area (Å²) in [7, 11) is 6.22. The van der Waals surface area contributed by atoms with Crippen molar-refractivity contribution in [3.8, 4) is 0 Å². The maximum atomic E-state index is 10.4. The van der Waals surface area contributed by atoms with Crippen LogP contribution in [0.1, 0.15) is 67.2 Å². The highest BCUT2D eigenvalue weighted by Crippen LogP contribution is 2.35. The molecular formula is C27H58N6O3. The van der Waals surface area contributed by atoms with Crippen molar-refractivity contribution in [3.05, 3.63) is 30.3 Å². The predicted octanol–water partition coefficient (Wildman–Crippen LogP) is 3.31. The van der Waals surface area contributed by atoms with Crippen LogP contribution < -0.4 is 22.1 Å². The van der Waals surface area contributed by atoms with Crippen LogP contribution in [0, 0.1) is 0 Å². The maximum absolute atomic E-state index is 10.4. The van der Waals surface area contributed by atoms with Gasteiger partial charge >= 0.3 is 0 Å². The van der Waals surface area contributed by atoms with Crippen molar-refractivity contribution in [3.63, 3.8) is 0 Å². The molecule has 214 valence electrons. The van der Waals surface area contributed by atoms with E-state index in [9.17, 15) is 14.4 Å². The molecule has 2 saturated carbocycles. The minimum absolute atomic E-state index is 0.634. The van der Waals surface area contributed by atoms with Crippen molar-refractivity contribution in [2.24, 2.45) is 17.2 Å². The van der Waals surface area contributed by atoms with Crippen LogP contribution in [0.2, 0.25) is 0 Å². The molecule has 2 fully saturated rings. The van der Waals surface area contributed by atoms with Gasteiger partial charge in [0.05, 0.1) is 0 Å². The fourth-order valence-electron chi connectivity index (χ4n) is 2.31. The van der Waals surface area contributed by atoms with Crippen LogP contribution in [-0.2, 0) is 14.4 Å². The van der Waals surface area contributed by atoms with Gasteiger partial charge in [-0.05, 0) is 72.8 Å². The molecule has 0 spiro atoms. The highest BCUT2D eigenvalue weighted by molar-refractivity contribution is 5.73. The number of carbonyl (C=O) groups excluding carboxylic acids is 3. The summed E-state index contributed by atoms with van der Waals surface area (Å²) in [5, 5.41) is 0. The summed E-state index contributed by atoms with van der Waals surface area (Å²) in [5.74, 6) is 0. The van der Waals surface area contributed by atoms with E-state index in [2.05, 4.69) is 17.2 Å². The van der Waals surface area contributed by atoms with Crippen LogP contribution in [0.15, 0.2) is 30.3 Å². The Morgan fingerprint density at radius 2 is 1.06 bits per heavy atom. The Morgan fingerprint density at radius 3 is 1.25 bits per heavy atom. The number of rotatable bonds is 8. The molecule has 0 unspecified atom stereocenters. The standard InChI is InChI=1S/C8H9NO.C7H11NO.C5H11NO.2C2H6.3CH5N/c1-9(7-10)8-5-3-2-4-6-8;9-5-8(6-1-2-6)7-3-4-7;1-3-6(4-2)5-7;5*1-2/h2-7H,1H3;5-7H,1-4H2;5H,3-4H2,1-2H3;2*1-2H3;3*2H2,1H3. The molecule has 1 aromatic carbocycles. The van der Waals surface area contributed by atoms with E-state index in [1.54, 1.807) is 11.9 Å². The number of para-hydroxylation sites is 1. The van der Waals surface area contributed by atoms with E-state index >= 15 is 0 Å². The molecule has 2 aliphatic carbocycles. The third-order valence-corrected chi connectivity index (χ3v) is 4.34. The van der Waals surface area contributed by atoms with Gasteiger partial charge in [0.25, 0.3) is 0 Å². The molecule has 1 aromatic rings. The lowest BCUT2D eigenvalue weighted by Crippen LogP contribution is -2.26. The molecule has 3 rings (SSSR count). The first-order valence-corrected chi connectivity index (χ1v) is 13.0. The molecule has 0 heterocycles. The van der Waals surface area contributed by atoms with Gasteiger partial charge in [-0.25, -0.2) is 0 Å². The summed E-state index contributed by atoms with van der Waals surface area (Å²) in [6.07, 6.45) is 7.65. The minimum Gasteiger partial charge on any atom is -0.346 e. The van der Waals surface area contributed by atoms with Crippen LogP contribution in [0.3, 0.4) is 0 Å². The van der Waals surface area contributed by atoms with Gasteiger partial charge in [-0.15, -0.1) is 0 Å². The van der Waals surface area contributed by atoms with Crippen molar-refractivity contribution in [2.75, 3.05) is 46.2 Å². The van der Waals surface area contributed by atoms with E-state index in [-0.39, 0.29) is 0 Å². The van der Waals surface area contributed by atoms with Gasteiger partial charge in [0.1, 0.15) is 0 Å². The van der Waals surface area contributed by atoms with Gasteiger partial charge < -0.3 is 31.9 Å². The van der Waals surface area contributed by atoms with Crippen molar-refractivity contribution in [2.45, 2.75) is 79.3 Å². The number of anilines is 1. The lowest BCUT2D eigenvalue weighted by atomic mass is 10.3. The Bertz CT molecular complexity index is 526. The van der Waals surface area contributed by atoms with Crippen LogP contribution in [0.25, 0.3) is 0 Å². The predicted molar refractivity (Wildman–Crippen MR) is 157 cm³/mol. The summed E-state index contributed by atoms with van der Waals surface area (Å²) >= 11 is 0. The Balaban J connectivity index is -0.000000115. The fraction of sp³-hybridized carbons (Fsp3) is 0.667. The average molecular weight is 515 g/mol. The zero-order chi connectivity index (χ0) is 29.4. The number of nitrogens with two attached hydrogens (primary N) is 3. The van der Waals surface area contributed by atoms with Gasteiger partial charge in [-0.3, -0.25) is 14.4 Å². The average Bonchev–Trinajstić information content (AvgIpc) is 3.93. The van der Waals surface area contributed by atoms with Crippen LogP contribution in [0.4, 0.5) is 5.69 Å². The molecule has 0 atom stereocenters. The summed E-state index contributed by atoms with van der Waals surface area (Å²) in [6, 6.07) is 10.8. The highest BCUT2D eigenvalue weighted by atomic mass is 16.1. The smallest absolute Gasteiger partial charge is 0.213 e. The van der Waals surface area contributed by atoms with Crippen LogP contribution >= 0.6 is 0 Å². The molecule has 0 aromatic heterocycles. The molecule has 9 nitrogen and oxygen atoms in total. The van der Waals surface area contributed by atoms with Crippen molar-refractivity contribution in [1.82, 2.24) is 9.80 Å². The second-order valence-corrected chi connectivity index (χ2v) is 6.39. The summed E-state index contributed by atoms with van der Waals surface area (Å²) in [6.45, 7) is 13.6. The molecule has 36 heavy (non-hydrogen) atoms. The van der Waals surface area contributed by atoms with E-state index in [1.165, 1.54) is 51.7 Å². The third kappa shape index (κ3) is 26.1. The molecule has 6 N–H and O–H groups in total. The van der Waals surface area contributed by atoms with Gasteiger partial charge in [0.2, 0.25) is 19.2 Å². The first-order valence-electron chi connectivity index (χ1n) is 13.0. The van der Waals surface area contributed by atoms with Crippen molar-refractivity contribution in [1.29, 1.82) is 0 Å². The second kappa shape index (κ2) is 37.1. The number of hydrogen-bond donors (Lipinski definition) is 3. The fourth-order valence-corrected chi connectivity index (χ4v) is 2.31. The van der Waals surface area contributed by atoms with Crippen molar-refractivity contribution >= 4 is 24.9 Å². The van der Waals surface area contributed by atoms with Crippen LogP contribution in [-0.4, -0.2) is 82.4 Å². The monoisotopic (exact) mass is 514 g/mol. The Morgan fingerprint density at radius 1 is 0.694 bits per heavy atom. The molecule has 2 aliphatic rings. The van der Waals surface area contributed by atoms with Gasteiger partial charge in [-0.1, -0.05) is 45.9 Å². The first kappa shape index (κ1) is 43.6. The van der Waals surface area contributed by atoms with E-state index in [0.717, 1.165) is 38.0 Å². The molecule has 0 bridgehead atoms. The molecule has 3 amide bonds. The Kier molecular flexibility index (Phi) is 44.9. The van der Waals surface area contributed by atoms with Gasteiger partial charge in [0, 0.05) is 37.9 Å². The summed E-state index contributed by atoms with van der Waals surface area (Å²) in [5.41, 5.74) is 14.4. The number of hydrogen-bond acceptors (Lipinski definition) is 6. The zero-order valence-corrected chi connectivity index (χ0v) is 24.8. The minimum atomic E-state index is 0.634. The first-order chi connectivity index (χ1) is 17.6. The number of nitrogens with zero attached hydrogens (tertiary/aromatic N) is 3. The van der Waals surface area contributed by atoms with Crippen molar-refractivity contribution < 1.29 is 14.4 Å². The molecular weight excluding hydrogens is 456 g/mol. The largest absolute Gasteiger partial charge is 0.346 e. The normalized spacial score (nSPS) is 11.4. The molecule has 0 saturated heterocycles.